The van der Waals surface area contributed by atoms with Crippen molar-refractivity contribution in [3.8, 4) is 0 Å². The highest BCUT2D eigenvalue weighted by atomic mass is 19.1. The summed E-state index contributed by atoms with van der Waals surface area (Å²) in [6.07, 6.45) is 0.473. The van der Waals surface area contributed by atoms with E-state index in [4.69, 9.17) is 11.1 Å². The number of rotatable bonds is 3. The van der Waals surface area contributed by atoms with Crippen LogP contribution in [0.25, 0.3) is 22.1 Å². The lowest BCUT2D eigenvalue weighted by molar-refractivity contribution is 0.629. The average molecular weight is 308 g/mol. The molecule has 0 saturated carbocycles. The van der Waals surface area contributed by atoms with Gasteiger partial charge in [0.15, 0.2) is 0 Å². The van der Waals surface area contributed by atoms with E-state index in [1.54, 1.807) is 18.2 Å². The number of nitrogens with one attached hydrogen (secondary N) is 3. The second-order valence-electron chi connectivity index (χ2n) is 5.35. The van der Waals surface area contributed by atoms with Crippen molar-refractivity contribution in [3.63, 3.8) is 0 Å². The van der Waals surface area contributed by atoms with Gasteiger partial charge in [-0.15, -0.1) is 0 Å². The van der Waals surface area contributed by atoms with Gasteiger partial charge in [-0.1, -0.05) is 0 Å². The second-order valence-corrected chi connectivity index (χ2v) is 5.35. The maximum Gasteiger partial charge on any atom is 0.125 e. The molecule has 114 valence electrons. The monoisotopic (exact) mass is 308 g/mol. The van der Waals surface area contributed by atoms with Crippen molar-refractivity contribution in [2.24, 2.45) is 5.73 Å². The van der Waals surface area contributed by atoms with E-state index >= 15 is 0 Å². The molecule has 5 N–H and O–H groups in total. The van der Waals surface area contributed by atoms with Gasteiger partial charge in [0.1, 0.15) is 23.3 Å². The van der Waals surface area contributed by atoms with Crippen LogP contribution in [0.5, 0.6) is 0 Å². The third-order valence-electron chi connectivity index (χ3n) is 3.67. The highest BCUT2D eigenvalue weighted by molar-refractivity contribution is 5.97. The van der Waals surface area contributed by atoms with Gasteiger partial charge in [0, 0.05) is 11.6 Å². The number of aromatic amines is 2. The molecule has 0 aliphatic heterocycles. The number of hydrogen-bond acceptors (Lipinski definition) is 3. The minimum Gasteiger partial charge on any atom is -0.384 e. The fourth-order valence-corrected chi connectivity index (χ4v) is 2.58. The van der Waals surface area contributed by atoms with Crippen molar-refractivity contribution in [1.29, 1.82) is 5.41 Å². The van der Waals surface area contributed by atoms with Gasteiger partial charge in [-0.3, -0.25) is 5.41 Å². The molecule has 0 spiro atoms. The lowest BCUT2D eigenvalue weighted by atomic mass is 10.2. The van der Waals surface area contributed by atoms with E-state index in [2.05, 4.69) is 19.9 Å². The van der Waals surface area contributed by atoms with Gasteiger partial charge in [-0.25, -0.2) is 14.4 Å². The molecule has 0 atom stereocenters. The molecule has 23 heavy (non-hydrogen) atoms. The summed E-state index contributed by atoms with van der Waals surface area (Å²) < 4.78 is 13.2. The van der Waals surface area contributed by atoms with E-state index in [1.807, 2.05) is 6.07 Å². The number of halogens is 1. The van der Waals surface area contributed by atoms with Crippen LogP contribution in [0.2, 0.25) is 0 Å². The summed E-state index contributed by atoms with van der Waals surface area (Å²) in [6, 6.07) is 9.85. The third kappa shape index (κ3) is 2.42. The van der Waals surface area contributed by atoms with E-state index < -0.39 is 0 Å². The summed E-state index contributed by atoms with van der Waals surface area (Å²) in [4.78, 5) is 15.2. The smallest absolute Gasteiger partial charge is 0.125 e. The van der Waals surface area contributed by atoms with Crippen LogP contribution in [0.15, 0.2) is 36.4 Å². The zero-order valence-corrected chi connectivity index (χ0v) is 12.0. The van der Waals surface area contributed by atoms with Crippen molar-refractivity contribution in [1.82, 2.24) is 19.9 Å². The normalized spacial score (nSPS) is 11.3. The fourth-order valence-electron chi connectivity index (χ4n) is 2.58. The summed E-state index contributed by atoms with van der Waals surface area (Å²) in [7, 11) is 0. The summed E-state index contributed by atoms with van der Waals surface area (Å²) in [5.74, 6) is 1.14. The molecular formula is C16H13FN6. The lowest BCUT2D eigenvalue weighted by Gasteiger charge is -1.95. The molecule has 4 aromatic rings. The Kier molecular flexibility index (Phi) is 2.87. The molecule has 7 heteroatoms. The number of aromatic nitrogens is 4. The highest BCUT2D eigenvalue weighted by Crippen LogP contribution is 2.17. The molecule has 0 unspecified atom stereocenters. The molecule has 2 aromatic heterocycles. The van der Waals surface area contributed by atoms with E-state index in [0.29, 0.717) is 23.3 Å². The number of imidazole rings is 2. The van der Waals surface area contributed by atoms with Gasteiger partial charge in [0.05, 0.1) is 28.5 Å². The van der Waals surface area contributed by atoms with Crippen molar-refractivity contribution in [3.05, 3.63) is 59.4 Å². The number of nitrogens with zero attached hydrogens (tertiary/aromatic N) is 2. The highest BCUT2D eigenvalue weighted by Gasteiger charge is 2.09. The summed E-state index contributed by atoms with van der Waals surface area (Å²) in [5.41, 5.74) is 9.12. The predicted octanol–water partition coefficient (Wildman–Crippen LogP) is 2.45. The summed E-state index contributed by atoms with van der Waals surface area (Å²) >= 11 is 0. The molecule has 0 saturated heterocycles. The largest absolute Gasteiger partial charge is 0.384 e. The number of nitrogen functional groups attached to an aromatic ring is 1. The van der Waals surface area contributed by atoms with Crippen LogP contribution in [0.4, 0.5) is 4.39 Å². The van der Waals surface area contributed by atoms with Crippen molar-refractivity contribution in [2.75, 3.05) is 0 Å². The minimum absolute atomic E-state index is 0.00996. The maximum absolute atomic E-state index is 13.2. The molecule has 0 radical (unpaired) electrons. The van der Waals surface area contributed by atoms with Gasteiger partial charge in [-0.05, 0) is 30.3 Å². The Labute approximate surface area is 130 Å². The number of amidine groups is 1. The minimum atomic E-state index is -0.309. The Bertz CT molecular complexity index is 1050. The fraction of sp³-hybridized carbons (Fsp3) is 0.0625. The Hall–Kier alpha value is -3.22. The van der Waals surface area contributed by atoms with Crippen molar-refractivity contribution >= 4 is 27.9 Å². The van der Waals surface area contributed by atoms with Gasteiger partial charge in [0.2, 0.25) is 0 Å². The third-order valence-corrected chi connectivity index (χ3v) is 3.67. The quantitative estimate of drug-likeness (QED) is 0.345. The Morgan fingerprint density at radius 3 is 2.26 bits per heavy atom. The van der Waals surface area contributed by atoms with Gasteiger partial charge >= 0.3 is 0 Å². The van der Waals surface area contributed by atoms with Crippen molar-refractivity contribution in [2.45, 2.75) is 6.42 Å². The van der Waals surface area contributed by atoms with Crippen LogP contribution in [-0.4, -0.2) is 25.8 Å². The van der Waals surface area contributed by atoms with Crippen LogP contribution in [0.3, 0.4) is 0 Å². The first-order valence-corrected chi connectivity index (χ1v) is 7.06. The molecule has 4 rings (SSSR count). The van der Waals surface area contributed by atoms with Gasteiger partial charge in [-0.2, -0.15) is 0 Å². The first kappa shape index (κ1) is 13.4. The molecule has 0 fully saturated rings. The van der Waals surface area contributed by atoms with Crippen LogP contribution in [0, 0.1) is 11.2 Å². The number of fused-ring (bicyclic) bond motifs is 2. The van der Waals surface area contributed by atoms with E-state index in [9.17, 15) is 4.39 Å². The Balaban J connectivity index is 1.69. The maximum atomic E-state index is 13.2. The van der Waals surface area contributed by atoms with E-state index in [-0.39, 0.29) is 11.7 Å². The lowest BCUT2D eigenvalue weighted by Crippen LogP contribution is -2.10. The van der Waals surface area contributed by atoms with Gasteiger partial charge in [0.25, 0.3) is 0 Å². The molecule has 0 bridgehead atoms. The molecule has 0 amide bonds. The first-order valence-electron chi connectivity index (χ1n) is 7.06. The molecule has 2 heterocycles. The summed E-state index contributed by atoms with van der Waals surface area (Å²) in [5, 5.41) is 7.47. The standard InChI is InChI=1S/C16H13FN6/c17-9-2-4-11-13(6-9)23-15(21-11)7-14-20-10-3-1-8(16(18)19)5-12(10)22-14/h1-6H,7H2,(H3,18,19)(H,20,22)(H,21,23). The topological polar surface area (TPSA) is 107 Å². The zero-order valence-electron chi connectivity index (χ0n) is 12.0. The first-order chi connectivity index (χ1) is 11.1. The van der Waals surface area contributed by atoms with Crippen LogP contribution in [0.1, 0.15) is 17.2 Å². The van der Waals surface area contributed by atoms with Crippen LogP contribution < -0.4 is 5.73 Å². The molecule has 0 aliphatic rings. The SMILES string of the molecule is N=C(N)c1ccc2[nH]c(Cc3nc4cc(F)ccc4[nH]3)nc2c1. The molecule has 6 nitrogen and oxygen atoms in total. The summed E-state index contributed by atoms with van der Waals surface area (Å²) in [6.45, 7) is 0. The van der Waals surface area contributed by atoms with Crippen LogP contribution in [-0.2, 0) is 6.42 Å². The van der Waals surface area contributed by atoms with Gasteiger partial charge < -0.3 is 15.7 Å². The second kappa shape index (κ2) is 4.91. The Morgan fingerprint density at radius 2 is 1.61 bits per heavy atom. The predicted molar refractivity (Wildman–Crippen MR) is 86.0 cm³/mol. The molecular weight excluding hydrogens is 295 g/mol. The Morgan fingerprint density at radius 1 is 1.00 bits per heavy atom. The zero-order chi connectivity index (χ0) is 16.0. The van der Waals surface area contributed by atoms with Crippen molar-refractivity contribution < 1.29 is 4.39 Å². The number of hydrogen-bond donors (Lipinski definition) is 4. The number of nitrogens with two attached hydrogens (primary N) is 1. The molecule has 2 aromatic carbocycles. The average Bonchev–Trinajstić information content (AvgIpc) is 3.08. The van der Waals surface area contributed by atoms with E-state index in [1.165, 1.54) is 12.1 Å². The molecule has 0 aliphatic carbocycles. The van der Waals surface area contributed by atoms with E-state index in [0.717, 1.165) is 22.4 Å². The number of H-pyrrole nitrogens is 2. The van der Waals surface area contributed by atoms with Crippen LogP contribution >= 0.6 is 0 Å². The number of benzene rings is 2.